The van der Waals surface area contributed by atoms with Crippen molar-refractivity contribution >= 4 is 5.78 Å². The second kappa shape index (κ2) is 7.83. The van der Waals surface area contributed by atoms with Gasteiger partial charge in [0.25, 0.3) is 0 Å². The number of fused-ring (bicyclic) bond motifs is 5. The second-order valence-electron chi connectivity index (χ2n) is 12.5. The standard InChI is InChI=1S/C28H46O/c1-18(2)19(3)7-8-20(4)24-11-12-25-23-10-9-21-17-22(29)13-15-27(21,5)26(23)14-16-28(24,25)6/h7-8,18-21,23-26H,9-17H2,1-6H3. The normalized spacial score (nSPS) is 47.0. The van der Waals surface area contributed by atoms with Crippen molar-refractivity contribution in [2.45, 2.75) is 99.3 Å². The highest BCUT2D eigenvalue weighted by Gasteiger charge is 2.60. The summed E-state index contributed by atoms with van der Waals surface area (Å²) < 4.78 is 0. The summed E-state index contributed by atoms with van der Waals surface area (Å²) in [5.41, 5.74) is 0.994. The molecule has 4 saturated carbocycles. The van der Waals surface area contributed by atoms with Gasteiger partial charge in [-0.25, -0.2) is 0 Å². The Balaban J connectivity index is 1.51. The third-order valence-corrected chi connectivity index (χ3v) is 11.0. The van der Waals surface area contributed by atoms with E-state index in [4.69, 9.17) is 0 Å². The van der Waals surface area contributed by atoms with Gasteiger partial charge in [-0.15, -0.1) is 0 Å². The highest BCUT2D eigenvalue weighted by atomic mass is 16.1. The Morgan fingerprint density at radius 1 is 0.862 bits per heavy atom. The van der Waals surface area contributed by atoms with E-state index in [1.807, 2.05) is 0 Å². The summed E-state index contributed by atoms with van der Waals surface area (Å²) in [4.78, 5) is 12.1. The predicted molar refractivity (Wildman–Crippen MR) is 123 cm³/mol. The quantitative estimate of drug-likeness (QED) is 0.443. The Hall–Kier alpha value is -0.590. The van der Waals surface area contributed by atoms with Crippen LogP contribution in [0.25, 0.3) is 0 Å². The van der Waals surface area contributed by atoms with E-state index in [0.717, 1.165) is 42.4 Å². The summed E-state index contributed by atoms with van der Waals surface area (Å²) in [6.45, 7) is 14.8. The molecule has 9 unspecified atom stereocenters. The molecule has 0 aromatic carbocycles. The van der Waals surface area contributed by atoms with Gasteiger partial charge in [0.2, 0.25) is 0 Å². The van der Waals surface area contributed by atoms with E-state index < -0.39 is 0 Å². The van der Waals surface area contributed by atoms with Crippen molar-refractivity contribution in [3.05, 3.63) is 12.2 Å². The van der Waals surface area contributed by atoms with Crippen LogP contribution in [-0.2, 0) is 4.79 Å². The molecule has 4 aliphatic carbocycles. The number of Topliss-reactive ketones (excluding diaryl/α,β-unsaturated/α-hetero) is 1. The predicted octanol–water partition coefficient (Wildman–Crippen LogP) is 7.70. The van der Waals surface area contributed by atoms with Gasteiger partial charge < -0.3 is 0 Å². The number of hydrogen-bond acceptors (Lipinski definition) is 1. The van der Waals surface area contributed by atoms with Gasteiger partial charge in [0.1, 0.15) is 5.78 Å². The van der Waals surface area contributed by atoms with Crippen molar-refractivity contribution in [1.82, 2.24) is 0 Å². The lowest BCUT2D eigenvalue weighted by Gasteiger charge is -2.60. The largest absolute Gasteiger partial charge is 0.300 e. The van der Waals surface area contributed by atoms with Crippen LogP contribution >= 0.6 is 0 Å². The van der Waals surface area contributed by atoms with Crippen molar-refractivity contribution < 1.29 is 4.79 Å². The first kappa shape index (κ1) is 21.6. The Morgan fingerprint density at radius 2 is 1.59 bits per heavy atom. The fraction of sp³-hybridized carbons (Fsp3) is 0.893. The summed E-state index contributed by atoms with van der Waals surface area (Å²) in [7, 11) is 0. The van der Waals surface area contributed by atoms with Crippen LogP contribution in [-0.4, -0.2) is 5.78 Å². The van der Waals surface area contributed by atoms with Crippen LogP contribution in [0.5, 0.6) is 0 Å². The van der Waals surface area contributed by atoms with Gasteiger partial charge in [-0.3, -0.25) is 4.79 Å². The number of hydrogen-bond donors (Lipinski definition) is 0. The van der Waals surface area contributed by atoms with E-state index in [9.17, 15) is 4.79 Å². The molecule has 1 nitrogen and oxygen atoms in total. The van der Waals surface area contributed by atoms with Crippen LogP contribution in [0.15, 0.2) is 12.2 Å². The minimum atomic E-state index is 0.453. The molecule has 0 bridgehead atoms. The fourth-order valence-corrected chi connectivity index (χ4v) is 8.66. The Labute approximate surface area is 180 Å². The molecule has 4 fully saturated rings. The van der Waals surface area contributed by atoms with E-state index in [2.05, 4.69) is 53.7 Å². The zero-order valence-electron chi connectivity index (χ0n) is 20.0. The number of rotatable bonds is 4. The SMILES string of the molecule is CC(C)C(C)C=CC(C)C1CCC2C3CCC4CC(=O)CCC4(C)C3CCC12C. The van der Waals surface area contributed by atoms with Gasteiger partial charge in [-0.05, 0) is 103 Å². The molecule has 0 aromatic rings. The van der Waals surface area contributed by atoms with Crippen molar-refractivity contribution in [1.29, 1.82) is 0 Å². The summed E-state index contributed by atoms with van der Waals surface area (Å²) in [5.74, 6) is 6.97. The molecule has 0 saturated heterocycles. The maximum Gasteiger partial charge on any atom is 0.133 e. The van der Waals surface area contributed by atoms with E-state index >= 15 is 0 Å². The zero-order chi connectivity index (χ0) is 21.0. The molecule has 1 heteroatoms. The van der Waals surface area contributed by atoms with Crippen molar-refractivity contribution in [2.75, 3.05) is 0 Å². The van der Waals surface area contributed by atoms with Crippen LogP contribution in [0, 0.1) is 58.2 Å². The average Bonchev–Trinajstić information content (AvgIpc) is 3.03. The molecular formula is C28H46O. The monoisotopic (exact) mass is 398 g/mol. The molecule has 4 rings (SSSR count). The van der Waals surface area contributed by atoms with Gasteiger partial charge >= 0.3 is 0 Å². The Morgan fingerprint density at radius 3 is 2.31 bits per heavy atom. The molecular weight excluding hydrogens is 352 g/mol. The van der Waals surface area contributed by atoms with Gasteiger partial charge in [0.05, 0.1) is 0 Å². The minimum absolute atomic E-state index is 0.453. The van der Waals surface area contributed by atoms with Crippen molar-refractivity contribution in [2.24, 2.45) is 58.2 Å². The van der Waals surface area contributed by atoms with Crippen LogP contribution < -0.4 is 0 Å². The zero-order valence-corrected chi connectivity index (χ0v) is 20.0. The topological polar surface area (TPSA) is 17.1 Å². The van der Waals surface area contributed by atoms with Crippen LogP contribution in [0.4, 0.5) is 0 Å². The summed E-state index contributed by atoms with van der Waals surface area (Å²) in [5, 5.41) is 0. The van der Waals surface area contributed by atoms with Gasteiger partial charge in [-0.2, -0.15) is 0 Å². The smallest absolute Gasteiger partial charge is 0.133 e. The number of carbonyl (C=O) groups is 1. The third kappa shape index (κ3) is 3.57. The van der Waals surface area contributed by atoms with Gasteiger partial charge in [0.15, 0.2) is 0 Å². The molecule has 9 atom stereocenters. The molecule has 0 spiro atoms. The number of ketones is 1. The average molecular weight is 399 g/mol. The first-order chi connectivity index (χ1) is 13.7. The minimum Gasteiger partial charge on any atom is -0.300 e. The van der Waals surface area contributed by atoms with Gasteiger partial charge in [0, 0.05) is 12.8 Å². The molecule has 164 valence electrons. The van der Waals surface area contributed by atoms with Crippen LogP contribution in [0.2, 0.25) is 0 Å². The Kier molecular flexibility index (Phi) is 5.84. The van der Waals surface area contributed by atoms with E-state index in [-0.39, 0.29) is 0 Å². The first-order valence-electron chi connectivity index (χ1n) is 12.9. The first-order valence-corrected chi connectivity index (χ1v) is 12.9. The molecule has 0 heterocycles. The molecule has 0 radical (unpaired) electrons. The van der Waals surface area contributed by atoms with Crippen molar-refractivity contribution in [3.8, 4) is 0 Å². The molecule has 4 aliphatic rings. The maximum absolute atomic E-state index is 12.1. The molecule has 0 amide bonds. The van der Waals surface area contributed by atoms with Crippen LogP contribution in [0.1, 0.15) is 99.3 Å². The molecule has 0 aliphatic heterocycles. The van der Waals surface area contributed by atoms with E-state index in [1.165, 1.54) is 44.9 Å². The summed E-state index contributed by atoms with van der Waals surface area (Å²) in [6.07, 6.45) is 16.5. The molecule has 0 N–H and O–H groups in total. The summed E-state index contributed by atoms with van der Waals surface area (Å²) in [6, 6.07) is 0. The Bertz CT molecular complexity index is 647. The highest BCUT2D eigenvalue weighted by Crippen LogP contribution is 2.68. The lowest BCUT2D eigenvalue weighted by Crippen LogP contribution is -2.53. The number of carbonyl (C=O) groups excluding carboxylic acids is 1. The number of allylic oxidation sites excluding steroid dienone is 2. The lowest BCUT2D eigenvalue weighted by atomic mass is 9.44. The highest BCUT2D eigenvalue weighted by molar-refractivity contribution is 5.79. The fourth-order valence-electron chi connectivity index (χ4n) is 8.66. The summed E-state index contributed by atoms with van der Waals surface area (Å²) >= 11 is 0. The molecule has 0 aromatic heterocycles. The maximum atomic E-state index is 12.1. The van der Waals surface area contributed by atoms with Crippen LogP contribution in [0.3, 0.4) is 0 Å². The lowest BCUT2D eigenvalue weighted by molar-refractivity contribution is -0.140. The van der Waals surface area contributed by atoms with E-state index in [1.54, 1.807) is 0 Å². The molecule has 29 heavy (non-hydrogen) atoms. The van der Waals surface area contributed by atoms with Crippen molar-refractivity contribution in [3.63, 3.8) is 0 Å². The van der Waals surface area contributed by atoms with Gasteiger partial charge in [-0.1, -0.05) is 53.7 Å². The third-order valence-electron chi connectivity index (χ3n) is 11.0. The second-order valence-corrected chi connectivity index (χ2v) is 12.5. The van der Waals surface area contributed by atoms with E-state index in [0.29, 0.717) is 34.4 Å².